The van der Waals surface area contributed by atoms with E-state index < -0.39 is 0 Å². The summed E-state index contributed by atoms with van der Waals surface area (Å²) < 4.78 is 0. The van der Waals surface area contributed by atoms with Gasteiger partial charge in [0.25, 0.3) is 0 Å². The second-order valence-electron chi connectivity index (χ2n) is 5.57. The third kappa shape index (κ3) is 2.99. The quantitative estimate of drug-likeness (QED) is 0.763. The lowest BCUT2D eigenvalue weighted by molar-refractivity contribution is -0.127. The van der Waals surface area contributed by atoms with E-state index in [1.807, 2.05) is 6.92 Å². The average Bonchev–Trinajstić information content (AvgIpc) is 2.78. The van der Waals surface area contributed by atoms with Crippen LogP contribution >= 0.6 is 0 Å². The van der Waals surface area contributed by atoms with Crippen molar-refractivity contribution >= 4 is 5.91 Å². The van der Waals surface area contributed by atoms with Crippen LogP contribution in [-0.2, 0) is 4.79 Å². The number of nitrogens with zero attached hydrogens (tertiary/aromatic N) is 1. The number of nitrogens with one attached hydrogen (secondary N) is 2. The van der Waals surface area contributed by atoms with Gasteiger partial charge in [-0.25, -0.2) is 0 Å². The van der Waals surface area contributed by atoms with Crippen molar-refractivity contribution in [2.75, 3.05) is 26.2 Å². The SMILES string of the molecule is CCN1CCCC(NC(=O)C2(C)CCCN2)C1. The van der Waals surface area contributed by atoms with Crippen molar-refractivity contribution < 1.29 is 4.79 Å². The van der Waals surface area contributed by atoms with Crippen LogP contribution in [0, 0.1) is 0 Å². The minimum Gasteiger partial charge on any atom is -0.350 e. The summed E-state index contributed by atoms with van der Waals surface area (Å²) in [4.78, 5) is 14.7. The van der Waals surface area contributed by atoms with Crippen LogP contribution in [0.15, 0.2) is 0 Å². The fraction of sp³-hybridized carbons (Fsp3) is 0.923. The number of likely N-dealkylation sites (N-methyl/N-ethyl adjacent to an activating group) is 1. The van der Waals surface area contributed by atoms with Gasteiger partial charge in [0.2, 0.25) is 5.91 Å². The van der Waals surface area contributed by atoms with E-state index in [0.29, 0.717) is 6.04 Å². The Kier molecular flexibility index (Phi) is 4.05. The van der Waals surface area contributed by atoms with Gasteiger partial charge in [-0.15, -0.1) is 0 Å². The third-order valence-electron chi connectivity index (χ3n) is 4.16. The summed E-state index contributed by atoms with van der Waals surface area (Å²) in [5.41, 5.74) is -0.325. The van der Waals surface area contributed by atoms with E-state index in [0.717, 1.165) is 38.9 Å². The molecule has 2 rings (SSSR count). The molecule has 0 aromatic rings. The molecule has 0 aromatic heterocycles. The van der Waals surface area contributed by atoms with Crippen molar-refractivity contribution in [1.82, 2.24) is 15.5 Å². The van der Waals surface area contributed by atoms with Crippen molar-refractivity contribution in [3.63, 3.8) is 0 Å². The van der Waals surface area contributed by atoms with E-state index in [1.54, 1.807) is 0 Å². The van der Waals surface area contributed by atoms with E-state index in [2.05, 4.69) is 22.5 Å². The molecule has 2 aliphatic heterocycles. The maximum Gasteiger partial charge on any atom is 0.240 e. The number of amides is 1. The van der Waals surface area contributed by atoms with Crippen LogP contribution in [0.3, 0.4) is 0 Å². The van der Waals surface area contributed by atoms with Crippen molar-refractivity contribution in [2.45, 2.75) is 51.1 Å². The maximum atomic E-state index is 12.2. The summed E-state index contributed by atoms with van der Waals surface area (Å²) in [5, 5.41) is 6.54. The van der Waals surface area contributed by atoms with Gasteiger partial charge in [-0.2, -0.15) is 0 Å². The zero-order valence-electron chi connectivity index (χ0n) is 11.1. The van der Waals surface area contributed by atoms with E-state index >= 15 is 0 Å². The van der Waals surface area contributed by atoms with Gasteiger partial charge < -0.3 is 15.5 Å². The number of piperidine rings is 1. The number of carbonyl (C=O) groups is 1. The van der Waals surface area contributed by atoms with Gasteiger partial charge in [-0.1, -0.05) is 6.92 Å². The minimum absolute atomic E-state index is 0.193. The van der Waals surface area contributed by atoms with Gasteiger partial charge in [0.05, 0.1) is 5.54 Å². The predicted octanol–water partition coefficient (Wildman–Crippen LogP) is 0.729. The summed E-state index contributed by atoms with van der Waals surface area (Å²) in [6.45, 7) is 8.45. The maximum absolute atomic E-state index is 12.2. The van der Waals surface area contributed by atoms with E-state index in [-0.39, 0.29) is 11.4 Å². The molecule has 2 saturated heterocycles. The van der Waals surface area contributed by atoms with Gasteiger partial charge in [0, 0.05) is 12.6 Å². The number of carbonyl (C=O) groups excluding carboxylic acids is 1. The van der Waals surface area contributed by atoms with Gasteiger partial charge in [0.15, 0.2) is 0 Å². The number of rotatable bonds is 3. The molecule has 4 heteroatoms. The smallest absolute Gasteiger partial charge is 0.240 e. The molecule has 2 aliphatic rings. The first-order valence-corrected chi connectivity index (χ1v) is 6.92. The van der Waals surface area contributed by atoms with Crippen LogP contribution in [0.2, 0.25) is 0 Å². The number of hydrogen-bond donors (Lipinski definition) is 2. The Labute approximate surface area is 104 Å². The van der Waals surface area contributed by atoms with Crippen LogP contribution in [0.5, 0.6) is 0 Å². The minimum atomic E-state index is -0.325. The molecule has 4 nitrogen and oxygen atoms in total. The third-order valence-corrected chi connectivity index (χ3v) is 4.16. The van der Waals surface area contributed by atoms with Crippen molar-refractivity contribution in [1.29, 1.82) is 0 Å². The van der Waals surface area contributed by atoms with Crippen LogP contribution in [0.4, 0.5) is 0 Å². The second-order valence-corrected chi connectivity index (χ2v) is 5.57. The Morgan fingerprint density at radius 2 is 2.35 bits per heavy atom. The fourth-order valence-corrected chi connectivity index (χ4v) is 2.89. The normalized spacial score (nSPS) is 34.8. The van der Waals surface area contributed by atoms with E-state index in [1.165, 1.54) is 13.0 Å². The van der Waals surface area contributed by atoms with Crippen LogP contribution < -0.4 is 10.6 Å². The molecule has 2 atom stereocenters. The molecule has 0 aromatic carbocycles. The molecule has 0 bridgehead atoms. The van der Waals surface area contributed by atoms with Crippen LogP contribution in [0.25, 0.3) is 0 Å². The molecule has 0 saturated carbocycles. The Balaban J connectivity index is 1.85. The van der Waals surface area contributed by atoms with Gasteiger partial charge in [-0.3, -0.25) is 4.79 Å². The lowest BCUT2D eigenvalue weighted by Gasteiger charge is -2.34. The lowest BCUT2D eigenvalue weighted by atomic mass is 9.97. The molecule has 98 valence electrons. The van der Waals surface area contributed by atoms with Crippen LogP contribution in [0.1, 0.15) is 39.5 Å². The Morgan fingerprint density at radius 3 is 3.00 bits per heavy atom. The topological polar surface area (TPSA) is 44.4 Å². The highest BCUT2D eigenvalue weighted by Gasteiger charge is 2.37. The molecule has 0 radical (unpaired) electrons. The van der Waals surface area contributed by atoms with Crippen molar-refractivity contribution in [3.05, 3.63) is 0 Å². The molecule has 17 heavy (non-hydrogen) atoms. The largest absolute Gasteiger partial charge is 0.350 e. The number of hydrogen-bond acceptors (Lipinski definition) is 3. The highest BCUT2D eigenvalue weighted by Crippen LogP contribution is 2.19. The van der Waals surface area contributed by atoms with Gasteiger partial charge >= 0.3 is 0 Å². The first-order valence-electron chi connectivity index (χ1n) is 6.92. The number of likely N-dealkylation sites (tertiary alicyclic amines) is 1. The van der Waals surface area contributed by atoms with E-state index in [9.17, 15) is 4.79 Å². The highest BCUT2D eigenvalue weighted by atomic mass is 16.2. The summed E-state index contributed by atoms with van der Waals surface area (Å²) in [5.74, 6) is 0.193. The highest BCUT2D eigenvalue weighted by molar-refractivity contribution is 5.86. The summed E-state index contributed by atoms with van der Waals surface area (Å²) in [6, 6.07) is 0.343. The van der Waals surface area contributed by atoms with Gasteiger partial charge in [0.1, 0.15) is 0 Å². The summed E-state index contributed by atoms with van der Waals surface area (Å²) in [7, 11) is 0. The molecule has 2 unspecified atom stereocenters. The molecule has 2 heterocycles. The lowest BCUT2D eigenvalue weighted by Crippen LogP contribution is -2.56. The monoisotopic (exact) mass is 239 g/mol. The predicted molar refractivity (Wildman–Crippen MR) is 68.9 cm³/mol. The van der Waals surface area contributed by atoms with Crippen LogP contribution in [-0.4, -0.2) is 48.6 Å². The standard InChI is InChI=1S/C13H25N3O/c1-3-16-9-4-6-11(10-16)15-12(17)13(2)7-5-8-14-13/h11,14H,3-10H2,1-2H3,(H,15,17). The van der Waals surface area contributed by atoms with E-state index in [4.69, 9.17) is 0 Å². The molecule has 1 amide bonds. The first-order chi connectivity index (χ1) is 8.14. The first kappa shape index (κ1) is 12.8. The molecule has 0 aliphatic carbocycles. The zero-order chi connectivity index (χ0) is 12.3. The van der Waals surface area contributed by atoms with Gasteiger partial charge in [-0.05, 0) is 52.2 Å². The Bertz CT molecular complexity index is 274. The Morgan fingerprint density at radius 1 is 1.53 bits per heavy atom. The Hall–Kier alpha value is -0.610. The molecular formula is C13H25N3O. The molecule has 0 spiro atoms. The van der Waals surface area contributed by atoms with Crippen molar-refractivity contribution in [2.24, 2.45) is 0 Å². The fourth-order valence-electron chi connectivity index (χ4n) is 2.89. The molecule has 2 fully saturated rings. The summed E-state index contributed by atoms with van der Waals surface area (Å²) >= 11 is 0. The van der Waals surface area contributed by atoms with Crippen molar-refractivity contribution in [3.8, 4) is 0 Å². The average molecular weight is 239 g/mol. The molecule has 2 N–H and O–H groups in total. The summed E-state index contributed by atoms with van der Waals surface area (Å²) in [6.07, 6.45) is 4.39. The molecular weight excluding hydrogens is 214 g/mol. The zero-order valence-corrected chi connectivity index (χ0v) is 11.1. The second kappa shape index (κ2) is 5.36.